The molecule has 0 amide bonds. The first-order valence-electron chi connectivity index (χ1n) is 6.87. The molecule has 0 bridgehead atoms. The molecule has 0 aromatic carbocycles. The van der Waals surface area contributed by atoms with E-state index in [0.29, 0.717) is 11.5 Å². The Kier molecular flexibility index (Phi) is 3.33. The van der Waals surface area contributed by atoms with Crippen molar-refractivity contribution >= 4 is 0 Å². The molecule has 16 heavy (non-hydrogen) atoms. The highest BCUT2D eigenvalue weighted by Gasteiger charge is 2.47. The average Bonchev–Trinajstić information content (AvgIpc) is 2.72. The number of piperazine rings is 1. The molecule has 2 heteroatoms. The first-order valence-corrected chi connectivity index (χ1v) is 6.87. The summed E-state index contributed by atoms with van der Waals surface area (Å²) < 4.78 is 0. The average molecular weight is 224 g/mol. The van der Waals surface area contributed by atoms with Gasteiger partial charge in [-0.25, -0.2) is 0 Å². The molecule has 1 saturated carbocycles. The summed E-state index contributed by atoms with van der Waals surface area (Å²) in [6, 6.07) is 1.41. The molecule has 1 N–H and O–H groups in total. The zero-order valence-electron chi connectivity index (χ0n) is 11.6. The molecule has 94 valence electrons. The minimum atomic E-state index is 0.621. The second-order valence-electron chi connectivity index (χ2n) is 6.96. The van der Waals surface area contributed by atoms with E-state index in [9.17, 15) is 0 Å². The van der Waals surface area contributed by atoms with Crippen molar-refractivity contribution in [1.82, 2.24) is 10.2 Å². The van der Waals surface area contributed by atoms with E-state index < -0.39 is 0 Å². The van der Waals surface area contributed by atoms with Gasteiger partial charge in [0.05, 0.1) is 0 Å². The normalized spacial score (nSPS) is 39.0. The van der Waals surface area contributed by atoms with Crippen LogP contribution in [0, 0.1) is 17.3 Å². The van der Waals surface area contributed by atoms with Crippen LogP contribution in [0.3, 0.4) is 0 Å². The molecule has 2 fully saturated rings. The van der Waals surface area contributed by atoms with E-state index in [0.717, 1.165) is 17.9 Å². The van der Waals surface area contributed by atoms with E-state index in [-0.39, 0.29) is 0 Å². The summed E-state index contributed by atoms with van der Waals surface area (Å²) in [6.07, 6.45) is 1.43. The van der Waals surface area contributed by atoms with E-state index >= 15 is 0 Å². The van der Waals surface area contributed by atoms with E-state index in [1.54, 1.807) is 0 Å². The van der Waals surface area contributed by atoms with Crippen LogP contribution in [0.15, 0.2) is 0 Å². The van der Waals surface area contributed by atoms with E-state index in [1.165, 1.54) is 26.1 Å². The molecule has 3 unspecified atom stereocenters. The van der Waals surface area contributed by atoms with Crippen molar-refractivity contribution in [2.24, 2.45) is 17.3 Å². The van der Waals surface area contributed by atoms with Crippen LogP contribution in [-0.4, -0.2) is 36.6 Å². The predicted octanol–water partition coefficient (Wildman–Crippen LogP) is 2.35. The summed E-state index contributed by atoms with van der Waals surface area (Å²) in [4.78, 5) is 2.74. The van der Waals surface area contributed by atoms with Crippen LogP contribution in [0.1, 0.15) is 41.0 Å². The third-order valence-electron chi connectivity index (χ3n) is 4.59. The molecule has 2 nitrogen and oxygen atoms in total. The molecular weight excluding hydrogens is 196 g/mol. The quantitative estimate of drug-likeness (QED) is 0.791. The van der Waals surface area contributed by atoms with Gasteiger partial charge in [-0.3, -0.25) is 4.90 Å². The highest BCUT2D eigenvalue weighted by Crippen LogP contribution is 2.52. The van der Waals surface area contributed by atoms with Crippen LogP contribution in [0.4, 0.5) is 0 Å². The molecule has 1 saturated heterocycles. The maximum atomic E-state index is 3.62. The van der Waals surface area contributed by atoms with E-state index in [4.69, 9.17) is 0 Å². The summed E-state index contributed by atoms with van der Waals surface area (Å²) in [5, 5.41) is 3.62. The van der Waals surface area contributed by atoms with Crippen LogP contribution in [-0.2, 0) is 0 Å². The summed E-state index contributed by atoms with van der Waals surface area (Å²) in [5.41, 5.74) is 0.621. The molecule has 2 rings (SSSR count). The number of nitrogens with zero attached hydrogens (tertiary/aromatic N) is 1. The molecule has 0 radical (unpaired) electrons. The molecular formula is C14H28N2. The Morgan fingerprint density at radius 2 is 2.00 bits per heavy atom. The molecule has 0 spiro atoms. The van der Waals surface area contributed by atoms with Crippen molar-refractivity contribution in [3.8, 4) is 0 Å². The third kappa shape index (κ3) is 2.60. The molecule has 1 aliphatic carbocycles. The molecule has 1 heterocycles. The second kappa shape index (κ2) is 4.30. The van der Waals surface area contributed by atoms with Crippen LogP contribution in [0.5, 0.6) is 0 Å². The fourth-order valence-corrected chi connectivity index (χ4v) is 3.04. The largest absolute Gasteiger partial charge is 0.311 e. The predicted molar refractivity (Wildman–Crippen MR) is 69.6 cm³/mol. The Morgan fingerprint density at radius 1 is 1.38 bits per heavy atom. The lowest BCUT2D eigenvalue weighted by Gasteiger charge is -2.42. The monoisotopic (exact) mass is 224 g/mol. The molecule has 3 atom stereocenters. The van der Waals surface area contributed by atoms with Gasteiger partial charge in [-0.15, -0.1) is 0 Å². The summed E-state index contributed by atoms with van der Waals surface area (Å²) in [6.45, 7) is 15.6. The number of hydrogen-bond acceptors (Lipinski definition) is 2. The van der Waals surface area contributed by atoms with Gasteiger partial charge in [0.2, 0.25) is 0 Å². The smallest absolute Gasteiger partial charge is 0.0244 e. The zero-order chi connectivity index (χ0) is 11.9. The van der Waals surface area contributed by atoms with Crippen molar-refractivity contribution in [1.29, 1.82) is 0 Å². The minimum absolute atomic E-state index is 0.621. The van der Waals surface area contributed by atoms with Crippen molar-refractivity contribution in [2.75, 3.05) is 19.6 Å². The Balaban J connectivity index is 1.93. The van der Waals surface area contributed by atoms with Crippen molar-refractivity contribution in [3.63, 3.8) is 0 Å². The van der Waals surface area contributed by atoms with E-state index in [2.05, 4.69) is 44.8 Å². The van der Waals surface area contributed by atoms with Gasteiger partial charge < -0.3 is 5.32 Å². The first kappa shape index (κ1) is 12.4. The van der Waals surface area contributed by atoms with Crippen LogP contribution in [0.2, 0.25) is 0 Å². The van der Waals surface area contributed by atoms with Gasteiger partial charge >= 0.3 is 0 Å². The summed E-state index contributed by atoms with van der Waals surface area (Å²) in [5.74, 6) is 1.71. The fraction of sp³-hybridized carbons (Fsp3) is 1.00. The van der Waals surface area contributed by atoms with Gasteiger partial charge in [-0.05, 0) is 30.6 Å². The maximum absolute atomic E-state index is 3.62. The molecule has 0 aromatic rings. The number of hydrogen-bond donors (Lipinski definition) is 1. The number of nitrogens with one attached hydrogen (secondary N) is 1. The Morgan fingerprint density at radius 3 is 2.50 bits per heavy atom. The summed E-state index contributed by atoms with van der Waals surface area (Å²) >= 11 is 0. The molecule has 1 aliphatic heterocycles. The lowest BCUT2D eigenvalue weighted by molar-refractivity contribution is 0.0940. The third-order valence-corrected chi connectivity index (χ3v) is 4.59. The maximum Gasteiger partial charge on any atom is 0.0244 e. The van der Waals surface area contributed by atoms with Crippen LogP contribution in [0.25, 0.3) is 0 Å². The van der Waals surface area contributed by atoms with Gasteiger partial charge in [0, 0.05) is 31.7 Å². The van der Waals surface area contributed by atoms with Crippen LogP contribution < -0.4 is 5.32 Å². The van der Waals surface area contributed by atoms with Gasteiger partial charge in [0.25, 0.3) is 0 Å². The van der Waals surface area contributed by atoms with Gasteiger partial charge in [-0.1, -0.05) is 27.7 Å². The van der Waals surface area contributed by atoms with Crippen molar-refractivity contribution < 1.29 is 0 Å². The Hall–Kier alpha value is -0.0800. The number of rotatable bonds is 3. The van der Waals surface area contributed by atoms with Gasteiger partial charge in [0.1, 0.15) is 0 Å². The standard InChI is InChI=1S/C14H28N2/c1-10(2)13-7-15-11(3)8-16(13)9-12-6-14(12,4)5/h10-13,15H,6-9H2,1-5H3. The first-order chi connectivity index (χ1) is 7.40. The van der Waals surface area contributed by atoms with Gasteiger partial charge in [-0.2, -0.15) is 0 Å². The van der Waals surface area contributed by atoms with Crippen molar-refractivity contribution in [3.05, 3.63) is 0 Å². The molecule has 2 aliphatic rings. The zero-order valence-corrected chi connectivity index (χ0v) is 11.6. The Labute approximate surface area is 101 Å². The SMILES string of the molecule is CC1CN(CC2CC2(C)C)C(C(C)C)CN1. The fourth-order valence-electron chi connectivity index (χ4n) is 3.04. The lowest BCUT2D eigenvalue weighted by atomic mass is 9.97. The Bertz CT molecular complexity index is 247. The van der Waals surface area contributed by atoms with Crippen molar-refractivity contribution in [2.45, 2.75) is 53.1 Å². The lowest BCUT2D eigenvalue weighted by Crippen LogP contribution is -2.57. The molecule has 0 aromatic heterocycles. The highest BCUT2D eigenvalue weighted by atomic mass is 15.2. The van der Waals surface area contributed by atoms with Crippen LogP contribution >= 0.6 is 0 Å². The summed E-state index contributed by atoms with van der Waals surface area (Å²) in [7, 11) is 0. The second-order valence-corrected chi connectivity index (χ2v) is 6.96. The van der Waals surface area contributed by atoms with E-state index in [1.807, 2.05) is 0 Å². The topological polar surface area (TPSA) is 15.3 Å². The minimum Gasteiger partial charge on any atom is -0.311 e. The highest BCUT2D eigenvalue weighted by molar-refractivity contribution is 4.99. The van der Waals surface area contributed by atoms with Gasteiger partial charge in [0.15, 0.2) is 0 Å².